The molecule has 2 rings (SSSR count). The summed E-state index contributed by atoms with van der Waals surface area (Å²) in [5.41, 5.74) is 0.289. The maximum absolute atomic E-state index is 3.80. The summed E-state index contributed by atoms with van der Waals surface area (Å²) in [6.45, 7) is 13.2. The largest absolute Gasteiger partial charge is 0.309 e. The Morgan fingerprint density at radius 1 is 1.20 bits per heavy atom. The molecular formula is C18H36N2. The van der Waals surface area contributed by atoms with E-state index in [0.717, 1.165) is 17.9 Å². The Hall–Kier alpha value is -0.0800. The van der Waals surface area contributed by atoms with Crippen LogP contribution < -0.4 is 5.32 Å². The third-order valence-corrected chi connectivity index (χ3v) is 5.38. The Bertz CT molecular complexity index is 281. The normalized spacial score (nSPS) is 30.3. The molecule has 1 saturated carbocycles. The zero-order valence-corrected chi connectivity index (χ0v) is 14.3. The molecule has 1 aliphatic heterocycles. The Balaban J connectivity index is 1.99. The molecule has 0 aromatic carbocycles. The van der Waals surface area contributed by atoms with Crippen molar-refractivity contribution in [3.05, 3.63) is 0 Å². The third kappa shape index (κ3) is 4.46. The molecule has 2 heteroatoms. The van der Waals surface area contributed by atoms with Gasteiger partial charge in [-0.1, -0.05) is 39.5 Å². The first-order valence-electron chi connectivity index (χ1n) is 9.01. The molecule has 118 valence electrons. The minimum Gasteiger partial charge on any atom is -0.309 e. The lowest BCUT2D eigenvalue weighted by molar-refractivity contribution is 0.0368. The first-order chi connectivity index (χ1) is 9.52. The van der Waals surface area contributed by atoms with Gasteiger partial charge in [0.25, 0.3) is 0 Å². The first kappa shape index (κ1) is 16.3. The van der Waals surface area contributed by atoms with Gasteiger partial charge in [-0.25, -0.2) is 0 Å². The third-order valence-electron chi connectivity index (χ3n) is 5.38. The molecule has 20 heavy (non-hydrogen) atoms. The zero-order chi connectivity index (χ0) is 14.6. The Morgan fingerprint density at radius 3 is 2.55 bits per heavy atom. The Labute approximate surface area is 126 Å². The molecule has 1 aliphatic carbocycles. The van der Waals surface area contributed by atoms with Crippen LogP contribution in [0.5, 0.6) is 0 Å². The van der Waals surface area contributed by atoms with Gasteiger partial charge >= 0.3 is 0 Å². The van der Waals surface area contributed by atoms with Crippen molar-refractivity contribution in [2.75, 3.05) is 19.6 Å². The van der Waals surface area contributed by atoms with E-state index in [0.29, 0.717) is 0 Å². The van der Waals surface area contributed by atoms with Crippen molar-refractivity contribution in [1.82, 2.24) is 10.2 Å². The fourth-order valence-corrected chi connectivity index (χ4v) is 4.36. The van der Waals surface area contributed by atoms with Crippen LogP contribution in [-0.2, 0) is 0 Å². The molecule has 2 atom stereocenters. The summed E-state index contributed by atoms with van der Waals surface area (Å²) < 4.78 is 0. The van der Waals surface area contributed by atoms with Crippen molar-refractivity contribution in [2.45, 2.75) is 84.2 Å². The molecular weight excluding hydrogens is 244 g/mol. The van der Waals surface area contributed by atoms with E-state index in [1.807, 2.05) is 0 Å². The maximum Gasteiger partial charge on any atom is 0.0252 e. The van der Waals surface area contributed by atoms with Gasteiger partial charge < -0.3 is 5.32 Å². The highest BCUT2D eigenvalue weighted by Crippen LogP contribution is 2.32. The van der Waals surface area contributed by atoms with Gasteiger partial charge in [0, 0.05) is 31.2 Å². The lowest BCUT2D eigenvalue weighted by Gasteiger charge is -2.49. The second-order valence-electron chi connectivity index (χ2n) is 8.05. The summed E-state index contributed by atoms with van der Waals surface area (Å²) >= 11 is 0. The number of hydrogen-bond donors (Lipinski definition) is 1. The Kier molecular flexibility index (Phi) is 5.92. The lowest BCUT2D eigenvalue weighted by atomic mass is 9.80. The van der Waals surface area contributed by atoms with Crippen LogP contribution in [0.2, 0.25) is 0 Å². The highest BCUT2D eigenvalue weighted by atomic mass is 15.3. The number of nitrogens with zero attached hydrogens (tertiary/aromatic N) is 1. The van der Waals surface area contributed by atoms with Crippen LogP contribution in [0.1, 0.15) is 72.6 Å². The summed E-state index contributed by atoms with van der Waals surface area (Å²) in [5, 5.41) is 3.80. The van der Waals surface area contributed by atoms with E-state index < -0.39 is 0 Å². The predicted octanol–water partition coefficient (Wildman–Crippen LogP) is 4.06. The number of nitrogens with one attached hydrogen (secondary N) is 1. The van der Waals surface area contributed by atoms with Gasteiger partial charge in [-0.05, 0) is 44.9 Å². The monoisotopic (exact) mass is 280 g/mol. The van der Waals surface area contributed by atoms with Crippen LogP contribution in [-0.4, -0.2) is 36.1 Å². The number of rotatable bonds is 5. The van der Waals surface area contributed by atoms with Crippen molar-refractivity contribution in [1.29, 1.82) is 0 Å². The standard InChI is InChI=1S/C18H36N2/c1-5-9-15(2)13-20-14-18(3,4)19-12-17(20)16-10-7-6-8-11-16/h15-17,19H,5-14H2,1-4H3. The summed E-state index contributed by atoms with van der Waals surface area (Å²) in [4.78, 5) is 2.84. The summed E-state index contributed by atoms with van der Waals surface area (Å²) in [6.07, 6.45) is 10.0. The molecule has 0 aromatic rings. The Morgan fingerprint density at radius 2 is 1.90 bits per heavy atom. The second-order valence-corrected chi connectivity index (χ2v) is 8.05. The molecule has 2 fully saturated rings. The average molecular weight is 281 g/mol. The fraction of sp³-hybridized carbons (Fsp3) is 1.00. The minimum absolute atomic E-state index is 0.289. The van der Waals surface area contributed by atoms with E-state index in [4.69, 9.17) is 0 Å². The maximum atomic E-state index is 3.80. The second kappa shape index (κ2) is 7.26. The van der Waals surface area contributed by atoms with E-state index in [1.54, 1.807) is 0 Å². The molecule has 2 nitrogen and oxygen atoms in total. The van der Waals surface area contributed by atoms with E-state index >= 15 is 0 Å². The summed E-state index contributed by atoms with van der Waals surface area (Å²) in [7, 11) is 0. The number of piperazine rings is 1. The van der Waals surface area contributed by atoms with Gasteiger partial charge in [0.2, 0.25) is 0 Å². The van der Waals surface area contributed by atoms with Crippen molar-refractivity contribution < 1.29 is 0 Å². The van der Waals surface area contributed by atoms with Crippen LogP contribution in [0.15, 0.2) is 0 Å². The molecule has 0 bridgehead atoms. The predicted molar refractivity (Wildman–Crippen MR) is 88.1 cm³/mol. The van der Waals surface area contributed by atoms with E-state index in [9.17, 15) is 0 Å². The molecule has 0 aromatic heterocycles. The molecule has 1 N–H and O–H groups in total. The van der Waals surface area contributed by atoms with Gasteiger partial charge in [0.05, 0.1) is 0 Å². The van der Waals surface area contributed by atoms with Gasteiger partial charge in [-0.3, -0.25) is 4.90 Å². The van der Waals surface area contributed by atoms with E-state index in [-0.39, 0.29) is 5.54 Å². The van der Waals surface area contributed by atoms with Crippen molar-refractivity contribution in [3.8, 4) is 0 Å². The van der Waals surface area contributed by atoms with E-state index in [2.05, 4.69) is 37.9 Å². The summed E-state index contributed by atoms with van der Waals surface area (Å²) in [5.74, 6) is 1.79. The highest BCUT2D eigenvalue weighted by molar-refractivity contribution is 4.95. The lowest BCUT2D eigenvalue weighted by Crippen LogP contribution is -2.64. The SMILES string of the molecule is CCCC(C)CN1CC(C)(C)NCC1C1CCCCC1. The first-order valence-corrected chi connectivity index (χ1v) is 9.01. The molecule has 0 spiro atoms. The molecule has 2 aliphatic rings. The van der Waals surface area contributed by atoms with Gasteiger partial charge in [-0.2, -0.15) is 0 Å². The van der Waals surface area contributed by atoms with Crippen molar-refractivity contribution >= 4 is 0 Å². The fourth-order valence-electron chi connectivity index (χ4n) is 4.36. The van der Waals surface area contributed by atoms with Crippen LogP contribution in [0, 0.1) is 11.8 Å². The van der Waals surface area contributed by atoms with Gasteiger partial charge in [-0.15, -0.1) is 0 Å². The topological polar surface area (TPSA) is 15.3 Å². The van der Waals surface area contributed by atoms with Crippen LogP contribution >= 0.6 is 0 Å². The van der Waals surface area contributed by atoms with Gasteiger partial charge in [0.15, 0.2) is 0 Å². The highest BCUT2D eigenvalue weighted by Gasteiger charge is 2.37. The molecule has 1 saturated heterocycles. The van der Waals surface area contributed by atoms with Crippen LogP contribution in [0.3, 0.4) is 0 Å². The quantitative estimate of drug-likeness (QED) is 0.817. The van der Waals surface area contributed by atoms with Gasteiger partial charge in [0.1, 0.15) is 0 Å². The smallest absolute Gasteiger partial charge is 0.0252 e. The van der Waals surface area contributed by atoms with E-state index in [1.165, 1.54) is 64.6 Å². The summed E-state index contributed by atoms with van der Waals surface area (Å²) in [6, 6.07) is 0.794. The minimum atomic E-state index is 0.289. The molecule has 1 heterocycles. The van der Waals surface area contributed by atoms with Crippen molar-refractivity contribution in [3.63, 3.8) is 0 Å². The van der Waals surface area contributed by atoms with Crippen molar-refractivity contribution in [2.24, 2.45) is 11.8 Å². The molecule has 2 unspecified atom stereocenters. The number of hydrogen-bond acceptors (Lipinski definition) is 2. The van der Waals surface area contributed by atoms with Crippen LogP contribution in [0.25, 0.3) is 0 Å². The average Bonchev–Trinajstić information content (AvgIpc) is 2.39. The molecule has 0 amide bonds. The molecule has 0 radical (unpaired) electrons. The zero-order valence-electron chi connectivity index (χ0n) is 14.3. The van der Waals surface area contributed by atoms with Crippen LogP contribution in [0.4, 0.5) is 0 Å².